The van der Waals surface area contributed by atoms with Crippen molar-refractivity contribution in [1.82, 2.24) is 0 Å². The van der Waals surface area contributed by atoms with Crippen molar-refractivity contribution in [3.63, 3.8) is 0 Å². The van der Waals surface area contributed by atoms with E-state index in [0.717, 1.165) is 11.8 Å². The monoisotopic (exact) mass is 398 g/mol. The third-order valence-electron chi connectivity index (χ3n) is 3.72. The first-order valence-electron chi connectivity index (χ1n) is 7.93. The van der Waals surface area contributed by atoms with Crippen LogP contribution in [-0.4, -0.2) is 33.3 Å². The van der Waals surface area contributed by atoms with Crippen LogP contribution in [0.4, 0.5) is 11.4 Å². The molecule has 0 amide bonds. The Hall–Kier alpha value is -3.59. The quantitative estimate of drug-likeness (QED) is 0.451. The fourth-order valence-corrected chi connectivity index (χ4v) is 3.49. The number of nitrogens with zero attached hydrogens (tertiary/aromatic N) is 2. The molecule has 28 heavy (non-hydrogen) atoms. The third kappa shape index (κ3) is 4.04. The van der Waals surface area contributed by atoms with Crippen LogP contribution in [0.3, 0.4) is 0 Å². The van der Waals surface area contributed by atoms with Crippen LogP contribution in [0.15, 0.2) is 69.8 Å². The number of non-ortho nitro benzene ring substituents is 1. The predicted octanol–water partition coefficient (Wildman–Crippen LogP) is 4.10. The molecule has 3 rings (SSSR count). The van der Waals surface area contributed by atoms with Gasteiger partial charge < -0.3 is 14.9 Å². The maximum Gasteiger partial charge on any atom is 0.344 e. The highest BCUT2D eigenvalue weighted by molar-refractivity contribution is 8.18. The number of carbonyl (C=O) groups is 1. The molecule has 0 fully saturated rings. The Balaban J connectivity index is 2.05. The zero-order valence-corrected chi connectivity index (χ0v) is 15.3. The van der Waals surface area contributed by atoms with Gasteiger partial charge >= 0.3 is 5.97 Å². The molecule has 2 N–H and O–H groups in total. The SMILES string of the molecule is COC(=O)C1=C(O)/C(=C\c2cccc(O)c2)SC1=Nc1cccc([N+](=O)[O-])c1. The zero-order chi connectivity index (χ0) is 20.3. The number of ether oxygens (including phenoxy) is 1. The summed E-state index contributed by atoms with van der Waals surface area (Å²) in [7, 11) is 1.18. The maximum atomic E-state index is 12.1. The molecule has 0 spiro atoms. The van der Waals surface area contributed by atoms with E-state index in [0.29, 0.717) is 10.5 Å². The van der Waals surface area contributed by atoms with Crippen LogP contribution in [-0.2, 0) is 9.53 Å². The summed E-state index contributed by atoms with van der Waals surface area (Å²) in [4.78, 5) is 27.1. The molecule has 0 saturated heterocycles. The average molecular weight is 398 g/mol. The van der Waals surface area contributed by atoms with Gasteiger partial charge in [0, 0.05) is 12.1 Å². The average Bonchev–Trinajstić information content (AvgIpc) is 2.96. The Kier molecular flexibility index (Phi) is 5.46. The number of aliphatic imine (C=N–C) groups is 1. The van der Waals surface area contributed by atoms with Crippen molar-refractivity contribution in [3.8, 4) is 5.75 Å². The van der Waals surface area contributed by atoms with E-state index in [1.165, 1.54) is 37.4 Å². The number of phenolic OH excluding ortho intramolecular Hbond substituents is 1. The number of aliphatic hydroxyl groups is 1. The summed E-state index contributed by atoms with van der Waals surface area (Å²) < 4.78 is 4.73. The number of benzene rings is 2. The summed E-state index contributed by atoms with van der Waals surface area (Å²) in [5, 5.41) is 31.2. The van der Waals surface area contributed by atoms with Gasteiger partial charge in [-0.3, -0.25) is 10.1 Å². The zero-order valence-electron chi connectivity index (χ0n) is 14.5. The molecule has 142 valence electrons. The van der Waals surface area contributed by atoms with Crippen molar-refractivity contribution in [1.29, 1.82) is 0 Å². The minimum atomic E-state index is -0.784. The van der Waals surface area contributed by atoms with E-state index < -0.39 is 10.9 Å². The Bertz CT molecular complexity index is 1060. The number of nitro groups is 1. The molecular weight excluding hydrogens is 384 g/mol. The number of nitro benzene ring substituents is 1. The summed E-state index contributed by atoms with van der Waals surface area (Å²) in [6.45, 7) is 0. The highest BCUT2D eigenvalue weighted by atomic mass is 32.2. The summed E-state index contributed by atoms with van der Waals surface area (Å²) in [5.74, 6) is -1.04. The second kappa shape index (κ2) is 7.97. The normalized spacial score (nSPS) is 16.6. The number of phenols is 1. The van der Waals surface area contributed by atoms with Crippen LogP contribution in [0.25, 0.3) is 6.08 Å². The van der Waals surface area contributed by atoms with Gasteiger partial charge in [-0.2, -0.15) is 0 Å². The first-order valence-corrected chi connectivity index (χ1v) is 8.74. The molecule has 8 nitrogen and oxygen atoms in total. The van der Waals surface area contributed by atoms with Gasteiger partial charge in [0.1, 0.15) is 22.1 Å². The molecule has 1 heterocycles. The molecule has 0 atom stereocenters. The molecule has 0 bridgehead atoms. The van der Waals surface area contributed by atoms with Crippen molar-refractivity contribution in [2.45, 2.75) is 0 Å². The van der Waals surface area contributed by atoms with Gasteiger partial charge in [-0.15, -0.1) is 0 Å². The molecule has 0 unspecified atom stereocenters. The molecule has 2 aromatic rings. The lowest BCUT2D eigenvalue weighted by molar-refractivity contribution is -0.384. The lowest BCUT2D eigenvalue weighted by atomic mass is 10.1. The van der Waals surface area contributed by atoms with Gasteiger partial charge in [0.25, 0.3) is 5.69 Å². The fourth-order valence-electron chi connectivity index (χ4n) is 2.45. The predicted molar refractivity (Wildman–Crippen MR) is 106 cm³/mol. The molecule has 2 aromatic carbocycles. The third-order valence-corrected chi connectivity index (χ3v) is 4.74. The van der Waals surface area contributed by atoms with Crippen LogP contribution in [0, 0.1) is 10.1 Å². The van der Waals surface area contributed by atoms with Gasteiger partial charge in [-0.05, 0) is 29.8 Å². The van der Waals surface area contributed by atoms with Crippen molar-refractivity contribution < 1.29 is 24.7 Å². The first-order chi connectivity index (χ1) is 13.4. The molecule has 0 aromatic heterocycles. The lowest BCUT2D eigenvalue weighted by Gasteiger charge is -2.02. The number of hydrogen-bond donors (Lipinski definition) is 2. The van der Waals surface area contributed by atoms with E-state index in [-0.39, 0.29) is 33.5 Å². The number of hydrogen-bond acceptors (Lipinski definition) is 8. The van der Waals surface area contributed by atoms with Gasteiger partial charge in [-0.25, -0.2) is 9.79 Å². The molecule has 0 radical (unpaired) electrons. The topological polar surface area (TPSA) is 122 Å². The van der Waals surface area contributed by atoms with E-state index in [1.54, 1.807) is 24.3 Å². The van der Waals surface area contributed by atoms with Gasteiger partial charge in [0.05, 0.1) is 22.6 Å². The van der Waals surface area contributed by atoms with Crippen molar-refractivity contribution >= 4 is 40.2 Å². The van der Waals surface area contributed by atoms with E-state index in [2.05, 4.69) is 4.99 Å². The standard InChI is InChI=1S/C19H14N2O6S/c1-27-19(24)16-17(23)15(9-11-4-2-7-14(22)8-11)28-18(16)20-12-5-3-6-13(10-12)21(25)26/h2-10,22-23H,1H3/b15-9+,20-18?. The molecule has 1 aliphatic rings. The van der Waals surface area contributed by atoms with Crippen LogP contribution in [0.1, 0.15) is 5.56 Å². The number of methoxy groups -OCH3 is 1. The highest BCUT2D eigenvalue weighted by Gasteiger charge is 2.33. The molecule has 0 saturated carbocycles. The van der Waals surface area contributed by atoms with Crippen LogP contribution in [0.5, 0.6) is 5.75 Å². The van der Waals surface area contributed by atoms with Crippen molar-refractivity contribution in [3.05, 3.63) is 80.4 Å². The second-order valence-corrected chi connectivity index (χ2v) is 6.65. The smallest absolute Gasteiger partial charge is 0.344 e. The van der Waals surface area contributed by atoms with Crippen molar-refractivity contribution in [2.24, 2.45) is 4.99 Å². The Morgan fingerprint density at radius 1 is 1.21 bits per heavy atom. The number of aromatic hydroxyl groups is 1. The summed E-state index contributed by atoms with van der Waals surface area (Å²) >= 11 is 1.02. The van der Waals surface area contributed by atoms with E-state index in [4.69, 9.17) is 4.74 Å². The lowest BCUT2D eigenvalue weighted by Crippen LogP contribution is -2.10. The minimum absolute atomic E-state index is 0.0551. The van der Waals surface area contributed by atoms with Crippen molar-refractivity contribution in [2.75, 3.05) is 7.11 Å². The Morgan fingerprint density at radius 3 is 2.64 bits per heavy atom. The van der Waals surface area contributed by atoms with E-state index in [9.17, 15) is 25.1 Å². The van der Waals surface area contributed by atoms with Gasteiger partial charge in [0.2, 0.25) is 0 Å². The largest absolute Gasteiger partial charge is 0.508 e. The minimum Gasteiger partial charge on any atom is -0.508 e. The molecule has 1 aliphatic heterocycles. The van der Waals surface area contributed by atoms with E-state index in [1.807, 2.05) is 0 Å². The number of rotatable bonds is 4. The molecular formula is C19H14N2O6S. The second-order valence-electron chi connectivity index (χ2n) is 5.61. The molecule has 0 aliphatic carbocycles. The van der Waals surface area contributed by atoms with Crippen LogP contribution < -0.4 is 0 Å². The Labute approximate surface area is 163 Å². The van der Waals surface area contributed by atoms with Gasteiger partial charge in [0.15, 0.2) is 0 Å². The van der Waals surface area contributed by atoms with Crippen LogP contribution in [0.2, 0.25) is 0 Å². The highest BCUT2D eigenvalue weighted by Crippen LogP contribution is 2.40. The molecule has 9 heteroatoms. The summed E-state index contributed by atoms with van der Waals surface area (Å²) in [5.41, 5.74) is 0.581. The number of carbonyl (C=O) groups excluding carboxylic acids is 1. The number of thioether (sulfide) groups is 1. The van der Waals surface area contributed by atoms with E-state index >= 15 is 0 Å². The summed E-state index contributed by atoms with van der Waals surface area (Å²) in [6, 6.07) is 12.0. The maximum absolute atomic E-state index is 12.1. The van der Waals surface area contributed by atoms with Gasteiger partial charge in [-0.1, -0.05) is 30.0 Å². The van der Waals surface area contributed by atoms with Crippen LogP contribution >= 0.6 is 11.8 Å². The summed E-state index contributed by atoms with van der Waals surface area (Å²) in [6.07, 6.45) is 1.58. The number of esters is 1. The fraction of sp³-hybridized carbons (Fsp3) is 0.0526. The number of aliphatic hydroxyl groups excluding tert-OH is 1. The Morgan fingerprint density at radius 2 is 1.96 bits per heavy atom. The first kappa shape index (κ1) is 19.2.